The Morgan fingerprint density at radius 3 is 2.42 bits per heavy atom. The van der Waals surface area contributed by atoms with Gasteiger partial charge in [-0.3, -0.25) is 9.36 Å². The molecule has 0 N–H and O–H groups in total. The summed E-state index contributed by atoms with van der Waals surface area (Å²) < 4.78 is 2.98. The van der Waals surface area contributed by atoms with Crippen molar-refractivity contribution in [1.82, 2.24) is 24.4 Å². The Hall–Kier alpha value is -2.49. The summed E-state index contributed by atoms with van der Waals surface area (Å²) in [5.41, 5.74) is 0.739. The third-order valence-electron chi connectivity index (χ3n) is 4.39. The van der Waals surface area contributed by atoms with Crippen LogP contribution >= 0.6 is 22.6 Å². The summed E-state index contributed by atoms with van der Waals surface area (Å²) in [6.07, 6.45) is 6.85. The number of piperazine rings is 1. The number of nitrogens with zero attached hydrogens (tertiary/aromatic N) is 6. The van der Waals surface area contributed by atoms with Crippen LogP contribution < -0.4 is 4.90 Å². The summed E-state index contributed by atoms with van der Waals surface area (Å²) in [5, 5.41) is 0. The van der Waals surface area contributed by atoms with Crippen LogP contribution in [-0.4, -0.2) is 56.5 Å². The van der Waals surface area contributed by atoms with Gasteiger partial charge in [0.15, 0.2) is 0 Å². The van der Waals surface area contributed by atoms with E-state index in [1.54, 1.807) is 18.9 Å². The number of halogens is 1. The second-order valence-electron chi connectivity index (χ2n) is 5.99. The average molecular weight is 460 g/mol. The number of amides is 1. The van der Waals surface area contributed by atoms with Crippen molar-refractivity contribution in [2.45, 2.75) is 0 Å². The highest BCUT2D eigenvalue weighted by Gasteiger charge is 2.23. The van der Waals surface area contributed by atoms with E-state index in [1.807, 2.05) is 46.0 Å². The topological polar surface area (TPSA) is 67.2 Å². The minimum atomic E-state index is 0.0860. The number of hydrogen-bond donors (Lipinski definition) is 0. The zero-order valence-corrected chi connectivity index (χ0v) is 16.2. The maximum atomic E-state index is 12.6. The van der Waals surface area contributed by atoms with E-state index in [9.17, 15) is 4.79 Å². The van der Waals surface area contributed by atoms with Gasteiger partial charge in [0.1, 0.15) is 24.3 Å². The van der Waals surface area contributed by atoms with Gasteiger partial charge in [0.2, 0.25) is 0 Å². The van der Waals surface area contributed by atoms with E-state index in [0.717, 1.165) is 33.9 Å². The van der Waals surface area contributed by atoms with Crippen LogP contribution in [-0.2, 0) is 0 Å². The molecule has 0 radical (unpaired) electrons. The van der Waals surface area contributed by atoms with Crippen molar-refractivity contribution in [3.8, 4) is 5.82 Å². The number of benzene rings is 1. The summed E-state index contributed by atoms with van der Waals surface area (Å²) in [5.74, 6) is 1.73. The van der Waals surface area contributed by atoms with Gasteiger partial charge in [0.25, 0.3) is 5.91 Å². The van der Waals surface area contributed by atoms with Gasteiger partial charge >= 0.3 is 0 Å². The van der Waals surface area contributed by atoms with Crippen molar-refractivity contribution in [3.63, 3.8) is 0 Å². The lowest BCUT2D eigenvalue weighted by Gasteiger charge is -2.35. The number of aromatic nitrogens is 4. The van der Waals surface area contributed by atoms with E-state index in [4.69, 9.17) is 0 Å². The largest absolute Gasteiger partial charge is 0.353 e. The molecule has 1 aromatic carbocycles. The normalized spacial score (nSPS) is 14.5. The Bertz CT molecular complexity index is 888. The maximum absolute atomic E-state index is 12.6. The molecule has 1 aliphatic rings. The van der Waals surface area contributed by atoms with E-state index >= 15 is 0 Å². The van der Waals surface area contributed by atoms with Crippen molar-refractivity contribution >= 4 is 34.3 Å². The first-order valence-electron chi connectivity index (χ1n) is 8.31. The Morgan fingerprint density at radius 1 is 1.00 bits per heavy atom. The Morgan fingerprint density at radius 2 is 1.73 bits per heavy atom. The number of anilines is 1. The first-order valence-corrected chi connectivity index (χ1v) is 9.39. The molecule has 3 aromatic rings. The summed E-state index contributed by atoms with van der Waals surface area (Å²) in [7, 11) is 0. The molecule has 0 saturated carbocycles. The number of hydrogen-bond acceptors (Lipinski definition) is 5. The fourth-order valence-electron chi connectivity index (χ4n) is 2.96. The molecule has 1 amide bonds. The summed E-state index contributed by atoms with van der Waals surface area (Å²) in [6.45, 7) is 2.84. The zero-order valence-electron chi connectivity index (χ0n) is 14.0. The smallest absolute Gasteiger partial charge is 0.253 e. The van der Waals surface area contributed by atoms with Crippen molar-refractivity contribution in [2.24, 2.45) is 0 Å². The molecule has 0 spiro atoms. The standard InChI is InChI=1S/C18H17IN6O/c19-15-3-1-14(2-4-15)18(26)24-9-7-23(8-10-24)16-11-17(22-12-21-16)25-6-5-20-13-25/h1-6,11-13H,7-10H2. The lowest BCUT2D eigenvalue weighted by molar-refractivity contribution is 0.0746. The predicted octanol–water partition coefficient (Wildman–Crippen LogP) is 2.23. The van der Waals surface area contributed by atoms with Gasteiger partial charge in [-0.05, 0) is 46.9 Å². The van der Waals surface area contributed by atoms with Crippen LogP contribution in [0, 0.1) is 3.57 Å². The molecule has 1 saturated heterocycles. The second kappa shape index (κ2) is 7.40. The first-order chi connectivity index (χ1) is 12.7. The molecule has 7 nitrogen and oxygen atoms in total. The summed E-state index contributed by atoms with van der Waals surface area (Å²) >= 11 is 2.24. The van der Waals surface area contributed by atoms with Crippen molar-refractivity contribution in [2.75, 3.05) is 31.1 Å². The highest BCUT2D eigenvalue weighted by atomic mass is 127. The predicted molar refractivity (Wildman–Crippen MR) is 106 cm³/mol. The molecule has 0 unspecified atom stereocenters. The molecular weight excluding hydrogens is 443 g/mol. The number of carbonyl (C=O) groups is 1. The van der Waals surface area contributed by atoms with Crippen LogP contribution in [0.4, 0.5) is 5.82 Å². The van der Waals surface area contributed by atoms with E-state index in [0.29, 0.717) is 13.1 Å². The monoisotopic (exact) mass is 460 g/mol. The number of carbonyl (C=O) groups excluding carboxylic acids is 1. The van der Waals surface area contributed by atoms with Crippen molar-refractivity contribution in [1.29, 1.82) is 0 Å². The molecule has 0 bridgehead atoms. The third kappa shape index (κ3) is 3.55. The molecule has 4 rings (SSSR count). The van der Waals surface area contributed by atoms with Crippen LogP contribution in [0.5, 0.6) is 0 Å². The average Bonchev–Trinajstić information content (AvgIpc) is 3.23. The molecule has 0 atom stereocenters. The number of imidazole rings is 1. The molecule has 0 aliphatic carbocycles. The minimum absolute atomic E-state index is 0.0860. The van der Waals surface area contributed by atoms with Gasteiger partial charge in [0, 0.05) is 53.8 Å². The molecule has 26 heavy (non-hydrogen) atoms. The quantitative estimate of drug-likeness (QED) is 0.561. The number of rotatable bonds is 3. The van der Waals surface area contributed by atoms with Gasteiger partial charge in [0.05, 0.1) is 0 Å². The SMILES string of the molecule is O=C(c1ccc(I)cc1)N1CCN(c2cc(-n3ccnc3)ncn2)CC1. The van der Waals surface area contributed by atoms with Crippen LogP contribution in [0.1, 0.15) is 10.4 Å². The van der Waals surface area contributed by atoms with Gasteiger partial charge in [-0.1, -0.05) is 0 Å². The molecule has 132 valence electrons. The van der Waals surface area contributed by atoms with Crippen molar-refractivity contribution < 1.29 is 4.79 Å². The van der Waals surface area contributed by atoms with E-state index in [-0.39, 0.29) is 5.91 Å². The van der Waals surface area contributed by atoms with Gasteiger partial charge < -0.3 is 9.80 Å². The lowest BCUT2D eigenvalue weighted by atomic mass is 10.2. The van der Waals surface area contributed by atoms with Crippen LogP contribution in [0.15, 0.2) is 55.4 Å². The van der Waals surface area contributed by atoms with E-state index in [1.165, 1.54) is 0 Å². The van der Waals surface area contributed by atoms with Gasteiger partial charge in [-0.25, -0.2) is 15.0 Å². The zero-order chi connectivity index (χ0) is 17.9. The molecule has 8 heteroatoms. The van der Waals surface area contributed by atoms with Gasteiger partial charge in [-0.15, -0.1) is 0 Å². The highest BCUT2D eigenvalue weighted by Crippen LogP contribution is 2.17. The Kier molecular flexibility index (Phi) is 4.83. The lowest BCUT2D eigenvalue weighted by Crippen LogP contribution is -2.49. The molecule has 1 fully saturated rings. The van der Waals surface area contributed by atoms with Crippen molar-refractivity contribution in [3.05, 3.63) is 64.5 Å². The molecule has 1 aliphatic heterocycles. The Labute approximate surface area is 164 Å². The van der Waals surface area contributed by atoms with E-state index < -0.39 is 0 Å². The second-order valence-corrected chi connectivity index (χ2v) is 7.24. The summed E-state index contributed by atoms with van der Waals surface area (Å²) in [6, 6.07) is 9.64. The maximum Gasteiger partial charge on any atom is 0.253 e. The van der Waals surface area contributed by atoms with Gasteiger partial charge in [-0.2, -0.15) is 0 Å². The highest BCUT2D eigenvalue weighted by molar-refractivity contribution is 14.1. The fraction of sp³-hybridized carbons (Fsp3) is 0.222. The molecule has 2 aromatic heterocycles. The van der Waals surface area contributed by atoms with E-state index in [2.05, 4.69) is 42.4 Å². The van der Waals surface area contributed by atoms with Crippen LogP contribution in [0.3, 0.4) is 0 Å². The van der Waals surface area contributed by atoms with Crippen LogP contribution in [0.2, 0.25) is 0 Å². The summed E-state index contributed by atoms with van der Waals surface area (Å²) in [4.78, 5) is 29.4. The fourth-order valence-corrected chi connectivity index (χ4v) is 3.32. The third-order valence-corrected chi connectivity index (χ3v) is 5.11. The molecule has 3 heterocycles. The van der Waals surface area contributed by atoms with Crippen LogP contribution in [0.25, 0.3) is 5.82 Å². The Balaban J connectivity index is 1.43. The minimum Gasteiger partial charge on any atom is -0.353 e. The first kappa shape index (κ1) is 17.0. The molecular formula is C18H17IN6O.